The Morgan fingerprint density at radius 1 is 1.09 bits per heavy atom. The zero-order valence-electron chi connectivity index (χ0n) is 17.9. The molecule has 162 valence electrons. The molecule has 0 spiro atoms. The van der Waals surface area contributed by atoms with Gasteiger partial charge in [0.05, 0.1) is 0 Å². The number of benzene rings is 2. The first-order valence-corrected chi connectivity index (χ1v) is 10.1. The Morgan fingerprint density at radius 3 is 2.62 bits per heavy atom. The molecule has 0 fully saturated rings. The van der Waals surface area contributed by atoms with Gasteiger partial charge in [-0.2, -0.15) is 9.50 Å². The van der Waals surface area contributed by atoms with E-state index in [4.69, 9.17) is 4.74 Å². The van der Waals surface area contributed by atoms with Crippen LogP contribution in [0, 0.1) is 0 Å². The monoisotopic (exact) mass is 428 g/mol. The van der Waals surface area contributed by atoms with Crippen LogP contribution in [0.25, 0.3) is 5.65 Å². The quantitative estimate of drug-likeness (QED) is 0.404. The Bertz CT molecular complexity index is 1250. The maximum absolute atomic E-state index is 11.5. The molecule has 4 rings (SSSR count). The Morgan fingerprint density at radius 2 is 1.88 bits per heavy atom. The highest BCUT2D eigenvalue weighted by Gasteiger charge is 2.10. The first-order valence-electron chi connectivity index (χ1n) is 10.1. The van der Waals surface area contributed by atoms with Gasteiger partial charge < -0.3 is 20.3 Å². The van der Waals surface area contributed by atoms with Crippen LogP contribution in [0.2, 0.25) is 0 Å². The number of fused-ring (bicyclic) bond motifs is 1. The van der Waals surface area contributed by atoms with Gasteiger partial charge in [-0.15, -0.1) is 5.10 Å². The highest BCUT2D eigenvalue weighted by Crippen LogP contribution is 2.25. The second-order valence-corrected chi connectivity index (χ2v) is 7.45. The van der Waals surface area contributed by atoms with E-state index in [2.05, 4.69) is 44.3 Å². The molecule has 0 bridgehead atoms. The number of aromatic nitrogens is 3. The molecule has 8 nitrogen and oxygen atoms in total. The van der Waals surface area contributed by atoms with Gasteiger partial charge in [0.25, 0.3) is 0 Å². The van der Waals surface area contributed by atoms with Gasteiger partial charge in [-0.3, -0.25) is 4.79 Å². The third-order valence-electron chi connectivity index (χ3n) is 4.54. The smallest absolute Gasteiger partial charge is 0.247 e. The SMILES string of the molecule is C=CC(=O)Nc1cccc(Oc2cccc3nc(Nc4ccc(CN(C)C)cc4)nn23)c1. The van der Waals surface area contributed by atoms with Gasteiger partial charge in [0.15, 0.2) is 5.65 Å². The molecule has 0 aliphatic rings. The molecule has 0 atom stereocenters. The van der Waals surface area contributed by atoms with Crippen molar-refractivity contribution >= 4 is 28.9 Å². The molecule has 2 N–H and O–H groups in total. The van der Waals surface area contributed by atoms with Crippen molar-refractivity contribution in [1.29, 1.82) is 0 Å². The number of carbonyl (C=O) groups is 1. The molecule has 0 aliphatic heterocycles. The molecule has 8 heteroatoms. The van der Waals surface area contributed by atoms with E-state index in [1.54, 1.807) is 34.8 Å². The van der Waals surface area contributed by atoms with E-state index in [0.717, 1.165) is 12.2 Å². The highest BCUT2D eigenvalue weighted by molar-refractivity contribution is 5.98. The number of carbonyl (C=O) groups excluding carboxylic acids is 1. The van der Waals surface area contributed by atoms with Gasteiger partial charge in [-0.05, 0) is 56.1 Å². The Hall–Kier alpha value is -4.17. The van der Waals surface area contributed by atoms with Gasteiger partial charge in [0.1, 0.15) is 5.75 Å². The highest BCUT2D eigenvalue weighted by atomic mass is 16.5. The summed E-state index contributed by atoms with van der Waals surface area (Å²) in [6.07, 6.45) is 1.22. The zero-order valence-corrected chi connectivity index (χ0v) is 17.9. The van der Waals surface area contributed by atoms with E-state index in [0.29, 0.717) is 28.9 Å². The molecule has 0 saturated carbocycles. The summed E-state index contributed by atoms with van der Waals surface area (Å²) < 4.78 is 7.64. The van der Waals surface area contributed by atoms with Crippen LogP contribution in [0.1, 0.15) is 5.56 Å². The van der Waals surface area contributed by atoms with Gasteiger partial charge in [0.2, 0.25) is 17.7 Å². The maximum Gasteiger partial charge on any atom is 0.247 e. The number of hydrogen-bond donors (Lipinski definition) is 2. The van der Waals surface area contributed by atoms with Gasteiger partial charge in [0, 0.05) is 30.1 Å². The predicted molar refractivity (Wildman–Crippen MR) is 125 cm³/mol. The Balaban J connectivity index is 1.53. The molecule has 2 aromatic carbocycles. The topological polar surface area (TPSA) is 83.8 Å². The van der Waals surface area contributed by atoms with Crippen LogP contribution >= 0.6 is 0 Å². The summed E-state index contributed by atoms with van der Waals surface area (Å²) in [6.45, 7) is 4.34. The molecule has 0 aliphatic carbocycles. The van der Waals surface area contributed by atoms with E-state index in [1.807, 2.05) is 38.4 Å². The van der Waals surface area contributed by atoms with Gasteiger partial charge in [-0.25, -0.2) is 0 Å². The van der Waals surface area contributed by atoms with E-state index in [1.165, 1.54) is 11.6 Å². The molecular weight excluding hydrogens is 404 g/mol. The second-order valence-electron chi connectivity index (χ2n) is 7.45. The van der Waals surface area contributed by atoms with Crippen molar-refractivity contribution in [3.05, 3.63) is 84.9 Å². The summed E-state index contributed by atoms with van der Waals surface area (Å²) in [5.74, 6) is 1.23. The molecular formula is C24H24N6O2. The lowest BCUT2D eigenvalue weighted by Gasteiger charge is -2.10. The predicted octanol–water partition coefficient (Wildman–Crippen LogP) is 4.45. The fourth-order valence-electron chi connectivity index (χ4n) is 3.15. The first-order chi connectivity index (χ1) is 15.5. The molecule has 0 saturated heterocycles. The van der Waals surface area contributed by atoms with Crippen LogP contribution < -0.4 is 15.4 Å². The molecule has 4 aromatic rings. The fraction of sp³-hybridized carbons (Fsp3) is 0.125. The third-order valence-corrected chi connectivity index (χ3v) is 4.54. The number of anilines is 3. The van der Waals surface area contributed by atoms with Crippen molar-refractivity contribution in [2.45, 2.75) is 6.54 Å². The van der Waals surface area contributed by atoms with Crippen molar-refractivity contribution in [3.8, 4) is 11.6 Å². The number of ether oxygens (including phenoxy) is 1. The number of nitrogens with zero attached hydrogens (tertiary/aromatic N) is 4. The lowest BCUT2D eigenvalue weighted by Crippen LogP contribution is -2.10. The van der Waals surface area contributed by atoms with Gasteiger partial charge >= 0.3 is 0 Å². The summed E-state index contributed by atoms with van der Waals surface area (Å²) in [4.78, 5) is 18.2. The number of amides is 1. The van der Waals surface area contributed by atoms with Crippen LogP contribution in [0.3, 0.4) is 0 Å². The molecule has 0 radical (unpaired) electrons. The molecule has 1 amide bonds. The van der Waals surface area contributed by atoms with Crippen LogP contribution in [-0.4, -0.2) is 39.5 Å². The second kappa shape index (κ2) is 9.32. The van der Waals surface area contributed by atoms with Crippen molar-refractivity contribution in [3.63, 3.8) is 0 Å². The van der Waals surface area contributed by atoms with Crippen LogP contribution in [0.4, 0.5) is 17.3 Å². The van der Waals surface area contributed by atoms with E-state index < -0.39 is 0 Å². The van der Waals surface area contributed by atoms with Crippen LogP contribution in [-0.2, 0) is 11.3 Å². The maximum atomic E-state index is 11.5. The number of hydrogen-bond acceptors (Lipinski definition) is 6. The van der Waals surface area contributed by atoms with Crippen molar-refractivity contribution in [2.75, 3.05) is 24.7 Å². The third kappa shape index (κ3) is 5.11. The Labute approximate surface area is 186 Å². The standard InChI is InChI=1S/C24H24N6O2/c1-4-22(31)25-19-7-5-8-20(15-19)32-23-10-6-9-21-27-24(28-30(21)23)26-18-13-11-17(12-14-18)16-29(2)3/h4-15H,1,16H2,2-3H3,(H,25,31)(H,26,28). The summed E-state index contributed by atoms with van der Waals surface area (Å²) in [6, 6.07) is 20.8. The molecule has 2 heterocycles. The fourth-order valence-corrected chi connectivity index (χ4v) is 3.15. The van der Waals surface area contributed by atoms with E-state index in [-0.39, 0.29) is 5.91 Å². The minimum Gasteiger partial charge on any atom is -0.439 e. The first kappa shape index (κ1) is 21.1. The van der Waals surface area contributed by atoms with Gasteiger partial charge in [-0.1, -0.05) is 30.8 Å². The Kier molecular flexibility index (Phi) is 6.14. The number of rotatable bonds is 8. The molecule has 2 aromatic heterocycles. The number of pyridine rings is 1. The minimum atomic E-state index is -0.286. The largest absolute Gasteiger partial charge is 0.439 e. The van der Waals surface area contributed by atoms with Crippen molar-refractivity contribution in [1.82, 2.24) is 19.5 Å². The molecule has 32 heavy (non-hydrogen) atoms. The average Bonchev–Trinajstić information content (AvgIpc) is 3.18. The lowest BCUT2D eigenvalue weighted by molar-refractivity contribution is -0.111. The summed E-state index contributed by atoms with van der Waals surface area (Å²) in [7, 11) is 4.08. The minimum absolute atomic E-state index is 0.286. The normalized spacial score (nSPS) is 10.8. The summed E-state index contributed by atoms with van der Waals surface area (Å²) in [5, 5.41) is 10.5. The average molecular weight is 428 g/mol. The van der Waals surface area contributed by atoms with Crippen LogP contribution in [0.15, 0.2) is 79.4 Å². The summed E-state index contributed by atoms with van der Waals surface area (Å²) >= 11 is 0. The zero-order chi connectivity index (χ0) is 22.5. The number of nitrogens with one attached hydrogen (secondary N) is 2. The van der Waals surface area contributed by atoms with Crippen molar-refractivity contribution < 1.29 is 9.53 Å². The van der Waals surface area contributed by atoms with Crippen LogP contribution in [0.5, 0.6) is 11.6 Å². The lowest BCUT2D eigenvalue weighted by atomic mass is 10.2. The molecule has 0 unspecified atom stereocenters. The summed E-state index contributed by atoms with van der Waals surface area (Å²) in [5.41, 5.74) is 3.38. The van der Waals surface area contributed by atoms with E-state index >= 15 is 0 Å². The van der Waals surface area contributed by atoms with E-state index in [9.17, 15) is 4.79 Å². The van der Waals surface area contributed by atoms with Crippen molar-refractivity contribution in [2.24, 2.45) is 0 Å².